The van der Waals surface area contributed by atoms with Crippen LogP contribution in [-0.4, -0.2) is 37.8 Å². The number of carbonyl (C=O) groups excluding carboxylic acids is 1. The molecule has 0 saturated heterocycles. The Kier molecular flexibility index (Phi) is 9.77. The van der Waals surface area contributed by atoms with E-state index in [1.165, 1.54) is 0 Å². The number of rotatable bonds is 9. The molecule has 1 fully saturated rings. The van der Waals surface area contributed by atoms with Crippen molar-refractivity contribution in [1.82, 2.24) is 5.32 Å². The molecule has 0 heterocycles. The molecule has 1 amide bonds. The zero-order valence-corrected chi connectivity index (χ0v) is 18.2. The van der Waals surface area contributed by atoms with E-state index in [4.69, 9.17) is 19.9 Å². The van der Waals surface area contributed by atoms with Crippen LogP contribution >= 0.6 is 12.4 Å². The Hall–Kier alpha value is -2.44. The van der Waals surface area contributed by atoms with Gasteiger partial charge in [-0.05, 0) is 62.9 Å². The lowest BCUT2D eigenvalue weighted by Gasteiger charge is -2.26. The Balaban J connectivity index is 0.00000320. The fraction of sp³-hybridized carbons (Fsp3) is 0.435. The van der Waals surface area contributed by atoms with Crippen LogP contribution in [0.3, 0.4) is 0 Å². The van der Waals surface area contributed by atoms with E-state index in [9.17, 15) is 4.79 Å². The van der Waals surface area contributed by atoms with E-state index in [0.717, 1.165) is 31.4 Å². The van der Waals surface area contributed by atoms with Gasteiger partial charge in [0.15, 0.2) is 11.5 Å². The first-order valence-corrected chi connectivity index (χ1v) is 10.3. The van der Waals surface area contributed by atoms with Gasteiger partial charge >= 0.3 is 0 Å². The fourth-order valence-corrected chi connectivity index (χ4v) is 3.40. The van der Waals surface area contributed by atoms with Gasteiger partial charge in [0.1, 0.15) is 19.0 Å². The van der Waals surface area contributed by atoms with E-state index < -0.39 is 0 Å². The number of carbonyl (C=O) groups is 1. The molecular formula is C23H31ClN2O4. The summed E-state index contributed by atoms with van der Waals surface area (Å²) in [5, 5.41) is 3.10. The third-order valence-corrected chi connectivity index (χ3v) is 4.97. The molecule has 3 N–H and O–H groups in total. The molecule has 0 bridgehead atoms. The predicted molar refractivity (Wildman–Crippen MR) is 120 cm³/mol. The topological polar surface area (TPSA) is 82.8 Å². The molecule has 2 aromatic carbocycles. The zero-order chi connectivity index (χ0) is 20.5. The second-order valence-corrected chi connectivity index (χ2v) is 7.19. The summed E-state index contributed by atoms with van der Waals surface area (Å²) in [5.74, 6) is 1.87. The third kappa shape index (κ3) is 7.11. The van der Waals surface area contributed by atoms with E-state index in [-0.39, 0.29) is 30.4 Å². The van der Waals surface area contributed by atoms with Crippen LogP contribution in [0.15, 0.2) is 48.5 Å². The average molecular weight is 435 g/mol. The smallest absolute Gasteiger partial charge is 0.251 e. The van der Waals surface area contributed by atoms with Crippen molar-refractivity contribution in [1.29, 1.82) is 0 Å². The van der Waals surface area contributed by atoms with Crippen LogP contribution in [0.1, 0.15) is 43.0 Å². The summed E-state index contributed by atoms with van der Waals surface area (Å²) >= 11 is 0. The van der Waals surface area contributed by atoms with Crippen LogP contribution in [0.25, 0.3) is 0 Å². The second-order valence-electron chi connectivity index (χ2n) is 7.19. The quantitative estimate of drug-likeness (QED) is 0.583. The number of halogens is 1. The summed E-state index contributed by atoms with van der Waals surface area (Å²) in [6.45, 7) is 3.19. The fourth-order valence-electron chi connectivity index (χ4n) is 3.40. The Morgan fingerprint density at radius 2 is 1.67 bits per heavy atom. The van der Waals surface area contributed by atoms with E-state index in [1.807, 2.05) is 37.3 Å². The highest BCUT2D eigenvalue weighted by Crippen LogP contribution is 2.29. The molecular weight excluding hydrogens is 404 g/mol. The maximum Gasteiger partial charge on any atom is 0.251 e. The highest BCUT2D eigenvalue weighted by atomic mass is 35.5. The van der Waals surface area contributed by atoms with E-state index in [1.54, 1.807) is 18.2 Å². The molecule has 0 aromatic heterocycles. The highest BCUT2D eigenvalue weighted by molar-refractivity contribution is 5.95. The molecule has 0 unspecified atom stereocenters. The molecule has 0 spiro atoms. The largest absolute Gasteiger partial charge is 0.490 e. The number of hydrogen-bond donors (Lipinski definition) is 2. The van der Waals surface area contributed by atoms with Crippen LogP contribution in [0, 0.1) is 0 Å². The number of nitrogens with one attached hydrogen (secondary N) is 1. The number of ether oxygens (including phenoxy) is 3. The van der Waals surface area contributed by atoms with Crippen LogP contribution in [0.5, 0.6) is 17.2 Å². The molecule has 0 atom stereocenters. The minimum atomic E-state index is -0.0922. The first-order chi connectivity index (χ1) is 14.2. The van der Waals surface area contributed by atoms with Crippen LogP contribution in [-0.2, 0) is 0 Å². The molecule has 1 aliphatic carbocycles. The minimum absolute atomic E-state index is 0. The maximum atomic E-state index is 12.6. The standard InChI is InChI=1S/C23H30N2O4.ClH/c1-2-27-22-16-17(23(26)25-19-11-9-18(24)10-12-19)8-13-21(22)29-15-14-28-20-6-4-3-5-7-20;/h3-8,13,16,18-19H,2,9-12,14-15,24H2,1H3,(H,25,26);1H. The lowest BCUT2D eigenvalue weighted by molar-refractivity contribution is 0.0925. The van der Waals surface area contributed by atoms with Crippen LogP contribution < -0.4 is 25.3 Å². The number of nitrogens with two attached hydrogens (primary N) is 1. The maximum absolute atomic E-state index is 12.6. The molecule has 3 rings (SSSR count). The SMILES string of the molecule is CCOc1cc(C(=O)NC2CCC(N)CC2)ccc1OCCOc1ccccc1.Cl. The summed E-state index contributed by atoms with van der Waals surface area (Å²) in [7, 11) is 0. The lowest BCUT2D eigenvalue weighted by atomic mass is 9.91. The first kappa shape index (κ1) is 23.8. The monoisotopic (exact) mass is 434 g/mol. The summed E-state index contributed by atoms with van der Waals surface area (Å²) in [4.78, 5) is 12.6. The van der Waals surface area contributed by atoms with Gasteiger partial charge in [0.25, 0.3) is 5.91 Å². The van der Waals surface area contributed by atoms with Crippen molar-refractivity contribution < 1.29 is 19.0 Å². The molecule has 0 aliphatic heterocycles. The van der Waals surface area contributed by atoms with Crippen molar-refractivity contribution >= 4 is 18.3 Å². The summed E-state index contributed by atoms with van der Waals surface area (Å²) < 4.78 is 17.1. The zero-order valence-electron chi connectivity index (χ0n) is 17.3. The molecule has 0 radical (unpaired) electrons. The molecule has 1 aliphatic rings. The van der Waals surface area contributed by atoms with E-state index in [2.05, 4.69) is 5.32 Å². The molecule has 6 nitrogen and oxygen atoms in total. The Bertz CT molecular complexity index is 780. The lowest BCUT2D eigenvalue weighted by Crippen LogP contribution is -2.40. The van der Waals surface area contributed by atoms with Crippen molar-refractivity contribution in [2.45, 2.75) is 44.7 Å². The number of amides is 1. The number of para-hydroxylation sites is 1. The van der Waals surface area contributed by atoms with Gasteiger partial charge in [-0.15, -0.1) is 12.4 Å². The molecule has 2 aromatic rings. The third-order valence-electron chi connectivity index (χ3n) is 4.97. The van der Waals surface area contributed by atoms with Gasteiger partial charge in [-0.1, -0.05) is 18.2 Å². The van der Waals surface area contributed by atoms with Crippen molar-refractivity contribution in [3.63, 3.8) is 0 Å². The van der Waals surface area contributed by atoms with Gasteiger partial charge in [0.05, 0.1) is 6.61 Å². The summed E-state index contributed by atoms with van der Waals surface area (Å²) in [6.07, 6.45) is 3.75. The van der Waals surface area contributed by atoms with Gasteiger partial charge in [-0.25, -0.2) is 0 Å². The Morgan fingerprint density at radius 1 is 0.967 bits per heavy atom. The van der Waals surface area contributed by atoms with Crippen LogP contribution in [0.2, 0.25) is 0 Å². The Morgan fingerprint density at radius 3 is 2.37 bits per heavy atom. The minimum Gasteiger partial charge on any atom is -0.490 e. The first-order valence-electron chi connectivity index (χ1n) is 10.3. The van der Waals surface area contributed by atoms with Gasteiger partial charge in [-0.2, -0.15) is 0 Å². The number of hydrogen-bond acceptors (Lipinski definition) is 5. The normalized spacial score (nSPS) is 18.1. The Labute approximate surface area is 184 Å². The van der Waals surface area contributed by atoms with Gasteiger partial charge in [0.2, 0.25) is 0 Å². The van der Waals surface area contributed by atoms with Gasteiger partial charge in [-0.3, -0.25) is 4.79 Å². The summed E-state index contributed by atoms with van der Waals surface area (Å²) in [5.41, 5.74) is 6.51. The molecule has 1 saturated carbocycles. The van der Waals surface area contributed by atoms with E-state index >= 15 is 0 Å². The average Bonchev–Trinajstić information content (AvgIpc) is 2.74. The molecule has 30 heavy (non-hydrogen) atoms. The van der Waals surface area contributed by atoms with Gasteiger partial charge in [0, 0.05) is 17.6 Å². The van der Waals surface area contributed by atoms with Crippen molar-refractivity contribution in [2.24, 2.45) is 5.73 Å². The second kappa shape index (κ2) is 12.3. The van der Waals surface area contributed by atoms with Crippen molar-refractivity contribution in [3.8, 4) is 17.2 Å². The van der Waals surface area contributed by atoms with Crippen molar-refractivity contribution in [2.75, 3.05) is 19.8 Å². The van der Waals surface area contributed by atoms with Crippen LogP contribution in [0.4, 0.5) is 0 Å². The molecule has 7 heteroatoms. The van der Waals surface area contributed by atoms with Crippen molar-refractivity contribution in [3.05, 3.63) is 54.1 Å². The highest BCUT2D eigenvalue weighted by Gasteiger charge is 2.21. The van der Waals surface area contributed by atoms with E-state index in [0.29, 0.717) is 36.9 Å². The number of benzene rings is 2. The molecule has 164 valence electrons. The summed E-state index contributed by atoms with van der Waals surface area (Å²) in [6, 6.07) is 15.3. The predicted octanol–water partition coefficient (Wildman–Crippen LogP) is 3.96. The van der Waals surface area contributed by atoms with Gasteiger partial charge < -0.3 is 25.3 Å².